The second-order valence-electron chi connectivity index (χ2n) is 5.26. The molecule has 1 fully saturated rings. The maximum Gasteiger partial charge on any atom is 0.133 e. The van der Waals surface area contributed by atoms with E-state index in [1.54, 1.807) is 7.11 Å². The van der Waals surface area contributed by atoms with Crippen molar-refractivity contribution in [3.8, 4) is 0 Å². The van der Waals surface area contributed by atoms with E-state index in [1.807, 2.05) is 25.6 Å². The molecule has 1 rings (SSSR count). The standard InChI is InChI=1S/C13H24O2S/c1-13(2,15-3)7-4-12(14)10-11-5-8-16-9-6-11/h11H,4-10H2,1-3H3. The van der Waals surface area contributed by atoms with Crippen LogP contribution >= 0.6 is 11.8 Å². The Balaban J connectivity index is 2.19. The number of hydrogen-bond donors (Lipinski definition) is 0. The maximum absolute atomic E-state index is 11.8. The van der Waals surface area contributed by atoms with Crippen LogP contribution in [0.5, 0.6) is 0 Å². The molecule has 0 saturated carbocycles. The summed E-state index contributed by atoms with van der Waals surface area (Å²) in [5.74, 6) is 3.55. The smallest absolute Gasteiger partial charge is 0.133 e. The zero-order chi connectivity index (χ0) is 12.0. The summed E-state index contributed by atoms with van der Waals surface area (Å²) in [6, 6.07) is 0. The Bertz CT molecular complexity index is 220. The number of thioether (sulfide) groups is 1. The fraction of sp³-hybridized carbons (Fsp3) is 0.923. The molecule has 0 aliphatic carbocycles. The van der Waals surface area contributed by atoms with Crippen molar-refractivity contribution in [3.05, 3.63) is 0 Å². The predicted octanol–water partition coefficient (Wildman–Crippen LogP) is 3.29. The molecule has 1 aliphatic rings. The zero-order valence-electron chi connectivity index (χ0n) is 10.8. The first-order valence-corrected chi connectivity index (χ1v) is 7.33. The van der Waals surface area contributed by atoms with Crippen LogP contribution in [-0.2, 0) is 9.53 Å². The maximum atomic E-state index is 11.8. The summed E-state index contributed by atoms with van der Waals surface area (Å²) in [7, 11) is 1.71. The van der Waals surface area contributed by atoms with E-state index >= 15 is 0 Å². The molecule has 1 aliphatic heterocycles. The first-order valence-electron chi connectivity index (χ1n) is 6.18. The van der Waals surface area contributed by atoms with Crippen molar-refractivity contribution in [1.82, 2.24) is 0 Å². The summed E-state index contributed by atoms with van der Waals surface area (Å²) < 4.78 is 5.32. The molecular formula is C13H24O2S. The normalized spacial score (nSPS) is 18.7. The summed E-state index contributed by atoms with van der Waals surface area (Å²) in [5, 5.41) is 0. The number of ketones is 1. The Morgan fingerprint density at radius 3 is 2.56 bits per heavy atom. The van der Waals surface area contributed by atoms with Crippen LogP contribution in [0.4, 0.5) is 0 Å². The van der Waals surface area contributed by atoms with Crippen molar-refractivity contribution in [3.63, 3.8) is 0 Å². The van der Waals surface area contributed by atoms with Gasteiger partial charge in [-0.1, -0.05) is 0 Å². The second kappa shape index (κ2) is 6.65. The molecule has 0 amide bonds. The molecule has 0 atom stereocenters. The molecule has 3 heteroatoms. The minimum Gasteiger partial charge on any atom is -0.379 e. The molecule has 0 spiro atoms. The van der Waals surface area contributed by atoms with Crippen LogP contribution in [0, 0.1) is 5.92 Å². The molecule has 0 N–H and O–H groups in total. The van der Waals surface area contributed by atoms with Crippen molar-refractivity contribution in [2.45, 2.75) is 51.6 Å². The number of carbonyl (C=O) groups is 1. The Kier molecular flexibility index (Phi) is 5.84. The fourth-order valence-corrected chi connectivity index (χ4v) is 3.12. The SMILES string of the molecule is COC(C)(C)CCC(=O)CC1CCSCC1. The highest BCUT2D eigenvalue weighted by Crippen LogP contribution is 2.26. The first kappa shape index (κ1) is 14.0. The molecule has 1 saturated heterocycles. The average molecular weight is 244 g/mol. The van der Waals surface area contributed by atoms with Gasteiger partial charge in [0.2, 0.25) is 0 Å². The fourth-order valence-electron chi connectivity index (χ4n) is 1.92. The van der Waals surface area contributed by atoms with Gasteiger partial charge < -0.3 is 4.74 Å². The summed E-state index contributed by atoms with van der Waals surface area (Å²) in [5.41, 5.74) is -0.155. The van der Waals surface area contributed by atoms with Crippen molar-refractivity contribution in [2.75, 3.05) is 18.6 Å². The van der Waals surface area contributed by atoms with E-state index in [9.17, 15) is 4.79 Å². The van der Waals surface area contributed by atoms with Gasteiger partial charge >= 0.3 is 0 Å². The van der Waals surface area contributed by atoms with Crippen LogP contribution in [0.15, 0.2) is 0 Å². The molecule has 0 bridgehead atoms. The van der Waals surface area contributed by atoms with E-state index in [4.69, 9.17) is 4.74 Å². The van der Waals surface area contributed by atoms with E-state index in [2.05, 4.69) is 0 Å². The Morgan fingerprint density at radius 1 is 1.38 bits per heavy atom. The molecule has 0 aromatic rings. The van der Waals surface area contributed by atoms with Crippen molar-refractivity contribution in [2.24, 2.45) is 5.92 Å². The molecule has 0 radical (unpaired) electrons. The Morgan fingerprint density at radius 2 is 2.00 bits per heavy atom. The lowest BCUT2D eigenvalue weighted by Crippen LogP contribution is -2.24. The van der Waals surface area contributed by atoms with Gasteiger partial charge in [-0.25, -0.2) is 0 Å². The van der Waals surface area contributed by atoms with Gasteiger partial charge in [0.25, 0.3) is 0 Å². The highest BCUT2D eigenvalue weighted by molar-refractivity contribution is 7.99. The molecule has 1 heterocycles. The average Bonchev–Trinajstić information content (AvgIpc) is 2.28. The van der Waals surface area contributed by atoms with Crippen LogP contribution < -0.4 is 0 Å². The van der Waals surface area contributed by atoms with Crippen molar-refractivity contribution in [1.29, 1.82) is 0 Å². The van der Waals surface area contributed by atoms with E-state index < -0.39 is 0 Å². The van der Waals surface area contributed by atoms with Crippen LogP contribution in [0.2, 0.25) is 0 Å². The van der Waals surface area contributed by atoms with Crippen LogP contribution in [0.25, 0.3) is 0 Å². The third-order valence-electron chi connectivity index (χ3n) is 3.42. The first-order chi connectivity index (χ1) is 7.53. The van der Waals surface area contributed by atoms with E-state index in [0.29, 0.717) is 18.1 Å². The van der Waals surface area contributed by atoms with Crippen LogP contribution in [0.3, 0.4) is 0 Å². The summed E-state index contributed by atoms with van der Waals surface area (Å²) in [6.45, 7) is 4.08. The zero-order valence-corrected chi connectivity index (χ0v) is 11.6. The number of rotatable bonds is 6. The van der Waals surface area contributed by atoms with Gasteiger partial charge in [-0.3, -0.25) is 4.79 Å². The van der Waals surface area contributed by atoms with Crippen molar-refractivity contribution >= 4 is 17.5 Å². The summed E-state index contributed by atoms with van der Waals surface area (Å²) in [6.07, 6.45) is 4.75. The minimum atomic E-state index is -0.155. The monoisotopic (exact) mass is 244 g/mol. The predicted molar refractivity (Wildman–Crippen MR) is 70.0 cm³/mol. The third kappa shape index (κ3) is 5.35. The van der Waals surface area contributed by atoms with E-state index in [-0.39, 0.29) is 5.60 Å². The topological polar surface area (TPSA) is 26.3 Å². The van der Waals surface area contributed by atoms with Gasteiger partial charge in [0.1, 0.15) is 5.78 Å². The lowest BCUT2D eigenvalue weighted by atomic mass is 9.92. The summed E-state index contributed by atoms with van der Waals surface area (Å²) >= 11 is 2.02. The van der Waals surface area contributed by atoms with Gasteiger partial charge in [0.05, 0.1) is 5.60 Å². The molecule has 0 aromatic heterocycles. The van der Waals surface area contributed by atoms with Crippen LogP contribution in [0.1, 0.15) is 46.0 Å². The molecule has 16 heavy (non-hydrogen) atoms. The molecule has 94 valence electrons. The minimum absolute atomic E-state index is 0.155. The molecule has 0 aromatic carbocycles. The number of carbonyl (C=O) groups excluding carboxylic acids is 1. The second-order valence-corrected chi connectivity index (χ2v) is 6.49. The summed E-state index contributed by atoms with van der Waals surface area (Å²) in [4.78, 5) is 11.8. The number of methoxy groups -OCH3 is 1. The van der Waals surface area contributed by atoms with Crippen LogP contribution in [-0.4, -0.2) is 30.0 Å². The Hall–Kier alpha value is -0.0200. The van der Waals surface area contributed by atoms with Gasteiger partial charge in [0, 0.05) is 20.0 Å². The lowest BCUT2D eigenvalue weighted by molar-refractivity contribution is -0.121. The lowest BCUT2D eigenvalue weighted by Gasteiger charge is -2.24. The molecule has 2 nitrogen and oxygen atoms in total. The highest BCUT2D eigenvalue weighted by Gasteiger charge is 2.21. The Labute approximate surface area is 104 Å². The third-order valence-corrected chi connectivity index (χ3v) is 4.46. The highest BCUT2D eigenvalue weighted by atomic mass is 32.2. The van der Waals surface area contributed by atoms with Gasteiger partial charge in [-0.05, 0) is 50.5 Å². The van der Waals surface area contributed by atoms with E-state index in [1.165, 1.54) is 24.3 Å². The van der Waals surface area contributed by atoms with Gasteiger partial charge in [-0.15, -0.1) is 0 Å². The molecular weight excluding hydrogens is 220 g/mol. The largest absolute Gasteiger partial charge is 0.379 e. The van der Waals surface area contributed by atoms with Gasteiger partial charge in [0.15, 0.2) is 0 Å². The van der Waals surface area contributed by atoms with Crippen molar-refractivity contribution < 1.29 is 9.53 Å². The van der Waals surface area contributed by atoms with E-state index in [0.717, 1.165) is 12.8 Å². The quantitative estimate of drug-likeness (QED) is 0.717. The number of hydrogen-bond acceptors (Lipinski definition) is 3. The number of Topliss-reactive ketones (excluding diaryl/α,β-unsaturated/α-hetero) is 1. The molecule has 0 unspecified atom stereocenters. The van der Waals surface area contributed by atoms with Gasteiger partial charge in [-0.2, -0.15) is 11.8 Å². The number of ether oxygens (including phenoxy) is 1.